The molecule has 1 aromatic rings. The van der Waals surface area contributed by atoms with E-state index in [0.717, 1.165) is 10.5 Å². The summed E-state index contributed by atoms with van der Waals surface area (Å²) >= 11 is 1.46. The smallest absolute Gasteiger partial charge is 0.273 e. The van der Waals surface area contributed by atoms with Crippen LogP contribution in [0.25, 0.3) is 0 Å². The maximum atomic E-state index is 11.7. The minimum atomic E-state index is -4.44. The van der Waals surface area contributed by atoms with Crippen LogP contribution in [-0.4, -0.2) is 24.4 Å². The Kier molecular flexibility index (Phi) is 6.17. The highest BCUT2D eigenvalue weighted by atomic mass is 32.2. The Morgan fingerprint density at radius 2 is 1.95 bits per heavy atom. The van der Waals surface area contributed by atoms with E-state index in [1.165, 1.54) is 11.8 Å². The number of nitrogens with one attached hydrogen (secondary N) is 1. The van der Waals surface area contributed by atoms with E-state index in [1.807, 2.05) is 31.2 Å². The molecule has 3 nitrogen and oxygen atoms in total. The number of thioether (sulfide) groups is 1. The van der Waals surface area contributed by atoms with E-state index in [4.69, 9.17) is 0 Å². The number of hydrogen-bond donors (Lipinski definition) is 1. The van der Waals surface area contributed by atoms with Crippen molar-refractivity contribution in [1.29, 1.82) is 0 Å². The van der Waals surface area contributed by atoms with E-state index in [1.54, 1.807) is 5.48 Å². The summed E-state index contributed by atoms with van der Waals surface area (Å²) in [5, 5.41) is 0. The zero-order valence-electron chi connectivity index (χ0n) is 10.3. The Labute approximate surface area is 113 Å². The normalized spacial score (nSPS) is 11.4. The van der Waals surface area contributed by atoms with Crippen LogP contribution in [0.5, 0.6) is 0 Å². The minimum Gasteiger partial charge on any atom is -0.273 e. The van der Waals surface area contributed by atoms with Gasteiger partial charge >= 0.3 is 6.18 Å². The van der Waals surface area contributed by atoms with E-state index < -0.39 is 18.7 Å². The molecule has 0 unspecified atom stereocenters. The third-order valence-corrected chi connectivity index (χ3v) is 3.05. The van der Waals surface area contributed by atoms with E-state index >= 15 is 0 Å². The molecule has 0 saturated heterocycles. The maximum Gasteiger partial charge on any atom is 0.414 e. The van der Waals surface area contributed by atoms with Crippen molar-refractivity contribution in [1.82, 2.24) is 5.48 Å². The highest BCUT2D eigenvalue weighted by Gasteiger charge is 2.28. The summed E-state index contributed by atoms with van der Waals surface area (Å²) in [5.41, 5.74) is 2.90. The summed E-state index contributed by atoms with van der Waals surface area (Å²) in [6.45, 7) is 0.490. The molecule has 0 aliphatic carbocycles. The zero-order chi connectivity index (χ0) is 14.3. The molecule has 0 spiro atoms. The van der Waals surface area contributed by atoms with Crippen molar-refractivity contribution in [3.05, 3.63) is 29.8 Å². The lowest BCUT2D eigenvalue weighted by molar-refractivity contribution is -0.191. The second-order valence-electron chi connectivity index (χ2n) is 3.84. The number of alkyl halides is 3. The molecule has 0 aliphatic rings. The van der Waals surface area contributed by atoms with Gasteiger partial charge in [-0.15, -0.1) is 11.8 Å². The van der Waals surface area contributed by atoms with Crippen LogP contribution in [0.2, 0.25) is 0 Å². The van der Waals surface area contributed by atoms with Crippen molar-refractivity contribution < 1.29 is 22.8 Å². The molecule has 19 heavy (non-hydrogen) atoms. The molecule has 0 aliphatic heterocycles. The van der Waals surface area contributed by atoms with Crippen LogP contribution in [0.1, 0.15) is 12.0 Å². The summed E-state index contributed by atoms with van der Waals surface area (Å²) in [6.07, 6.45) is -4.35. The predicted octanol–water partition coefficient (Wildman–Crippen LogP) is 3.09. The van der Waals surface area contributed by atoms with Gasteiger partial charge in [-0.2, -0.15) is 13.2 Å². The first-order valence-electron chi connectivity index (χ1n) is 5.54. The van der Waals surface area contributed by atoms with Gasteiger partial charge in [0.1, 0.15) is 0 Å². The molecule has 0 heterocycles. The molecule has 0 radical (unpaired) electrons. The lowest BCUT2D eigenvalue weighted by atomic mass is 10.2. The first-order valence-corrected chi connectivity index (χ1v) is 6.52. The molecular formula is C12H14F3NO2S. The van der Waals surface area contributed by atoms with Crippen molar-refractivity contribution in [2.45, 2.75) is 24.4 Å². The van der Waals surface area contributed by atoms with Crippen LogP contribution >= 0.6 is 11.8 Å². The molecule has 1 N–H and O–H groups in total. The maximum absolute atomic E-state index is 11.7. The van der Waals surface area contributed by atoms with E-state index in [0.29, 0.717) is 5.75 Å². The first-order chi connectivity index (χ1) is 8.87. The standard InChI is InChI=1S/C12H14F3NO2S/c1-9-2-4-10(5-3-9)19-7-6-11(17)16-18-8-12(13,14)15/h2-5H,6-8H2,1H3,(H,16,17). The molecule has 1 amide bonds. The quantitative estimate of drug-likeness (QED) is 0.647. The Balaban J connectivity index is 2.15. The van der Waals surface area contributed by atoms with Crippen molar-refractivity contribution >= 4 is 17.7 Å². The Hall–Kier alpha value is -1.21. The average molecular weight is 293 g/mol. The third-order valence-electron chi connectivity index (χ3n) is 2.04. The van der Waals surface area contributed by atoms with E-state index in [-0.39, 0.29) is 6.42 Å². The van der Waals surface area contributed by atoms with Gasteiger partial charge in [-0.3, -0.25) is 9.63 Å². The molecule has 7 heteroatoms. The van der Waals surface area contributed by atoms with E-state index in [9.17, 15) is 18.0 Å². The van der Waals surface area contributed by atoms with Crippen LogP contribution < -0.4 is 5.48 Å². The fraction of sp³-hybridized carbons (Fsp3) is 0.417. The first kappa shape index (κ1) is 15.8. The highest BCUT2D eigenvalue weighted by Crippen LogP contribution is 2.19. The number of hydroxylamine groups is 1. The van der Waals surface area contributed by atoms with Crippen molar-refractivity contribution in [2.24, 2.45) is 0 Å². The van der Waals surface area contributed by atoms with Crippen molar-refractivity contribution in [3.8, 4) is 0 Å². The third kappa shape index (κ3) is 7.74. The summed E-state index contributed by atoms with van der Waals surface area (Å²) in [5.74, 6) is -0.0894. The van der Waals surface area contributed by atoms with Gasteiger partial charge in [0.15, 0.2) is 6.61 Å². The van der Waals surface area contributed by atoms with E-state index in [2.05, 4.69) is 4.84 Å². The summed E-state index contributed by atoms with van der Waals surface area (Å²) in [4.78, 5) is 16.2. The number of aryl methyl sites for hydroxylation is 1. The molecule has 0 bridgehead atoms. The number of halogens is 3. The van der Waals surface area contributed by atoms with Gasteiger partial charge < -0.3 is 0 Å². The molecule has 1 aromatic carbocycles. The van der Waals surface area contributed by atoms with Gasteiger partial charge in [0, 0.05) is 17.1 Å². The average Bonchev–Trinajstić information content (AvgIpc) is 2.30. The minimum absolute atomic E-state index is 0.0937. The number of hydrogen-bond acceptors (Lipinski definition) is 3. The van der Waals surface area contributed by atoms with Crippen LogP contribution in [0.15, 0.2) is 29.2 Å². The molecule has 0 saturated carbocycles. The van der Waals surface area contributed by atoms with Gasteiger partial charge in [-0.05, 0) is 19.1 Å². The topological polar surface area (TPSA) is 38.3 Å². The fourth-order valence-corrected chi connectivity index (χ4v) is 2.00. The summed E-state index contributed by atoms with van der Waals surface area (Å²) in [7, 11) is 0. The lowest BCUT2D eigenvalue weighted by Gasteiger charge is -2.08. The lowest BCUT2D eigenvalue weighted by Crippen LogP contribution is -2.29. The Bertz CT molecular complexity index is 406. The zero-order valence-corrected chi connectivity index (χ0v) is 11.1. The van der Waals surface area contributed by atoms with Crippen LogP contribution in [0.4, 0.5) is 13.2 Å². The van der Waals surface area contributed by atoms with Crippen molar-refractivity contribution in [3.63, 3.8) is 0 Å². The van der Waals surface area contributed by atoms with Crippen LogP contribution in [-0.2, 0) is 9.63 Å². The summed E-state index contributed by atoms with van der Waals surface area (Å²) in [6, 6.07) is 7.76. The fourth-order valence-electron chi connectivity index (χ4n) is 1.15. The predicted molar refractivity (Wildman–Crippen MR) is 66.7 cm³/mol. The Morgan fingerprint density at radius 1 is 1.32 bits per heavy atom. The molecular weight excluding hydrogens is 279 g/mol. The van der Waals surface area contributed by atoms with Crippen molar-refractivity contribution in [2.75, 3.05) is 12.4 Å². The van der Waals surface area contributed by atoms with Gasteiger partial charge in [0.25, 0.3) is 0 Å². The van der Waals surface area contributed by atoms with Gasteiger partial charge in [-0.25, -0.2) is 5.48 Å². The van der Waals surface area contributed by atoms with Crippen LogP contribution in [0, 0.1) is 6.92 Å². The highest BCUT2D eigenvalue weighted by molar-refractivity contribution is 7.99. The molecule has 0 fully saturated rings. The number of rotatable bonds is 6. The number of carbonyl (C=O) groups excluding carboxylic acids is 1. The molecule has 106 valence electrons. The SMILES string of the molecule is Cc1ccc(SCCC(=O)NOCC(F)(F)F)cc1. The number of benzene rings is 1. The van der Waals surface area contributed by atoms with Gasteiger partial charge in [0.2, 0.25) is 5.91 Å². The second-order valence-corrected chi connectivity index (χ2v) is 5.01. The Morgan fingerprint density at radius 3 is 2.53 bits per heavy atom. The number of amides is 1. The van der Waals surface area contributed by atoms with Gasteiger partial charge in [-0.1, -0.05) is 17.7 Å². The van der Waals surface area contributed by atoms with Gasteiger partial charge in [0.05, 0.1) is 0 Å². The summed E-state index contributed by atoms with van der Waals surface area (Å²) < 4.78 is 35.2. The monoisotopic (exact) mass is 293 g/mol. The molecule has 0 atom stereocenters. The largest absolute Gasteiger partial charge is 0.414 e. The molecule has 1 rings (SSSR count). The number of carbonyl (C=O) groups is 1. The molecule has 0 aromatic heterocycles. The second kappa shape index (κ2) is 7.40. The van der Waals surface area contributed by atoms with Crippen LogP contribution in [0.3, 0.4) is 0 Å².